The van der Waals surface area contributed by atoms with E-state index in [0.717, 1.165) is 21.0 Å². The number of nitrogens with one attached hydrogen (secondary N) is 2. The quantitative estimate of drug-likeness (QED) is 0.0433. The molecule has 5 unspecified atom stereocenters. The van der Waals surface area contributed by atoms with Gasteiger partial charge in [0.2, 0.25) is 22.1 Å². The second-order valence-electron chi connectivity index (χ2n) is 11.8. The lowest BCUT2D eigenvalue weighted by atomic mass is 9.81. The standard InChI is InChI=1S/C30H45N3O13S3/c1-6-46-29(47)48-23(27(39)40)15-20(26(38)33-30(3,4)49(42,43)44)14-19(13-18(24(31)36)11-16(2)28(41)45-5)25(37)32-10-9-17-7-8-21(34)22(35)12-17/h7-8,12,16,18-20,23,34-35H,6,9-11,13-15H2,1-5H3,(H2,31,36)(H,32,37)(H,33,38)(H,39,40)(H,42,43,44). The molecule has 5 atom stereocenters. The minimum absolute atomic E-state index is 0.0117. The molecule has 0 aromatic heterocycles. The maximum atomic E-state index is 13.7. The van der Waals surface area contributed by atoms with Gasteiger partial charge in [-0.2, -0.15) is 8.42 Å². The molecule has 0 heterocycles. The first-order valence-corrected chi connectivity index (χ1v) is 17.9. The van der Waals surface area contributed by atoms with Crippen LogP contribution >= 0.6 is 24.0 Å². The molecule has 0 aliphatic heterocycles. The molecule has 276 valence electrons. The lowest BCUT2D eigenvalue weighted by Crippen LogP contribution is -2.52. The van der Waals surface area contributed by atoms with Crippen LogP contribution in [0.1, 0.15) is 58.9 Å². The van der Waals surface area contributed by atoms with Crippen molar-refractivity contribution in [3.05, 3.63) is 23.8 Å². The predicted molar refractivity (Wildman–Crippen MR) is 183 cm³/mol. The topological polar surface area (TPSA) is 269 Å². The van der Waals surface area contributed by atoms with Crippen LogP contribution in [0.3, 0.4) is 0 Å². The molecule has 0 saturated heterocycles. The monoisotopic (exact) mass is 751 g/mol. The molecule has 19 heteroatoms. The van der Waals surface area contributed by atoms with E-state index in [-0.39, 0.29) is 48.3 Å². The van der Waals surface area contributed by atoms with Crippen molar-refractivity contribution in [2.75, 3.05) is 20.3 Å². The van der Waals surface area contributed by atoms with Gasteiger partial charge < -0.3 is 41.2 Å². The van der Waals surface area contributed by atoms with Crippen molar-refractivity contribution < 1.29 is 61.7 Å². The van der Waals surface area contributed by atoms with Crippen molar-refractivity contribution in [1.29, 1.82) is 0 Å². The van der Waals surface area contributed by atoms with Crippen molar-refractivity contribution in [2.24, 2.45) is 29.4 Å². The van der Waals surface area contributed by atoms with E-state index in [0.29, 0.717) is 17.3 Å². The molecule has 16 nitrogen and oxygen atoms in total. The van der Waals surface area contributed by atoms with Crippen LogP contribution in [0.2, 0.25) is 0 Å². The van der Waals surface area contributed by atoms with Crippen LogP contribution in [0.25, 0.3) is 0 Å². The fourth-order valence-corrected chi connectivity index (χ4v) is 6.29. The zero-order valence-corrected chi connectivity index (χ0v) is 30.3. The first kappa shape index (κ1) is 43.3. The molecule has 0 spiro atoms. The Morgan fingerprint density at radius 2 is 1.59 bits per heavy atom. The third-order valence-electron chi connectivity index (χ3n) is 7.62. The summed E-state index contributed by atoms with van der Waals surface area (Å²) in [6.45, 7) is 5.26. The molecule has 3 amide bonds. The average molecular weight is 752 g/mol. The van der Waals surface area contributed by atoms with Crippen LogP contribution in [0.15, 0.2) is 18.2 Å². The number of carboxylic acids is 1. The van der Waals surface area contributed by atoms with Gasteiger partial charge in [0.25, 0.3) is 10.1 Å². The number of carbonyl (C=O) groups excluding carboxylic acids is 4. The summed E-state index contributed by atoms with van der Waals surface area (Å²) >= 11 is 5.70. The molecule has 0 saturated carbocycles. The number of carboxylic acid groups (broad SMARTS) is 1. The molecule has 0 bridgehead atoms. The van der Waals surface area contributed by atoms with Crippen molar-refractivity contribution >= 4 is 68.1 Å². The summed E-state index contributed by atoms with van der Waals surface area (Å²) < 4.78 is 43.5. The summed E-state index contributed by atoms with van der Waals surface area (Å²) in [5, 5.41) is 32.8. The van der Waals surface area contributed by atoms with E-state index in [4.69, 9.17) is 27.4 Å². The number of amides is 3. The molecular formula is C30H45N3O13S3. The Morgan fingerprint density at radius 3 is 2.10 bits per heavy atom. The second-order valence-corrected chi connectivity index (χ2v) is 15.6. The van der Waals surface area contributed by atoms with Crippen molar-refractivity contribution in [3.8, 4) is 11.5 Å². The maximum Gasteiger partial charge on any atom is 0.317 e. The van der Waals surface area contributed by atoms with Crippen molar-refractivity contribution in [2.45, 2.75) is 69.9 Å². The largest absolute Gasteiger partial charge is 0.504 e. The van der Waals surface area contributed by atoms with Gasteiger partial charge in [-0.1, -0.05) is 24.8 Å². The molecule has 0 fully saturated rings. The number of ether oxygens (including phenoxy) is 2. The Morgan fingerprint density at radius 1 is 1.00 bits per heavy atom. The average Bonchev–Trinajstić information content (AvgIpc) is 2.99. The van der Waals surface area contributed by atoms with Gasteiger partial charge in [0.1, 0.15) is 5.25 Å². The van der Waals surface area contributed by atoms with E-state index in [1.807, 2.05) is 0 Å². The molecule has 1 aromatic rings. The third kappa shape index (κ3) is 14.4. The number of phenolic OH excluding ortho intramolecular Hbond substituents is 2. The first-order valence-electron chi connectivity index (χ1n) is 15.1. The lowest BCUT2D eigenvalue weighted by Gasteiger charge is -2.30. The Bertz CT molecular complexity index is 1470. The van der Waals surface area contributed by atoms with Crippen molar-refractivity contribution in [3.63, 3.8) is 0 Å². The number of hydrogen-bond acceptors (Lipinski definition) is 13. The molecule has 8 N–H and O–H groups in total. The Balaban J connectivity index is 3.55. The Kier molecular flexibility index (Phi) is 17.2. The number of carbonyl (C=O) groups is 5. The number of aromatic hydroxyl groups is 2. The van der Waals surface area contributed by atoms with Crippen LogP contribution in [0.4, 0.5) is 0 Å². The molecule has 49 heavy (non-hydrogen) atoms. The number of rotatable bonds is 20. The Hall–Kier alpha value is -3.68. The summed E-state index contributed by atoms with van der Waals surface area (Å²) in [4.78, 5) is 62.0. The molecule has 1 rings (SSSR count). The third-order valence-corrected chi connectivity index (χ3v) is 10.4. The highest BCUT2D eigenvalue weighted by Crippen LogP contribution is 2.32. The van der Waals surface area contributed by atoms with E-state index < -0.39 is 86.4 Å². The van der Waals surface area contributed by atoms with E-state index in [1.165, 1.54) is 25.1 Å². The summed E-state index contributed by atoms with van der Waals surface area (Å²) in [5.74, 6) is -9.84. The highest BCUT2D eigenvalue weighted by Gasteiger charge is 2.40. The van der Waals surface area contributed by atoms with Gasteiger partial charge in [-0.15, -0.1) is 0 Å². The number of benzene rings is 1. The van der Waals surface area contributed by atoms with Gasteiger partial charge in [-0.25, -0.2) is 0 Å². The van der Waals surface area contributed by atoms with E-state index in [9.17, 15) is 52.3 Å². The number of nitrogens with two attached hydrogens (primary N) is 1. The minimum atomic E-state index is -4.86. The van der Waals surface area contributed by atoms with E-state index in [1.54, 1.807) is 6.92 Å². The van der Waals surface area contributed by atoms with E-state index >= 15 is 0 Å². The number of thiocarbonyl (C=S) groups is 1. The zero-order valence-electron chi connectivity index (χ0n) is 27.8. The number of phenols is 2. The zero-order chi connectivity index (χ0) is 37.7. The van der Waals surface area contributed by atoms with Crippen LogP contribution in [-0.2, 0) is 50.0 Å². The van der Waals surface area contributed by atoms with Crippen LogP contribution in [-0.4, -0.2) is 92.7 Å². The molecule has 0 radical (unpaired) electrons. The van der Waals surface area contributed by atoms with Gasteiger partial charge >= 0.3 is 11.9 Å². The SMILES string of the molecule is CCOC(=S)SC(CC(CC(CC(CC(C)C(=O)OC)C(N)=O)C(=O)NCCc1ccc(O)c(O)c1)C(=O)NC(C)(C)S(=O)(=O)O)C(=O)O. The lowest BCUT2D eigenvalue weighted by molar-refractivity contribution is -0.145. The molecule has 0 aliphatic carbocycles. The van der Waals surface area contributed by atoms with Crippen LogP contribution in [0, 0.1) is 23.7 Å². The number of esters is 1. The van der Waals surface area contributed by atoms with Crippen LogP contribution < -0.4 is 16.4 Å². The van der Waals surface area contributed by atoms with Gasteiger partial charge in [0.15, 0.2) is 16.4 Å². The molecule has 0 aliphatic rings. The fourth-order valence-electron chi connectivity index (χ4n) is 4.75. The van der Waals surface area contributed by atoms with Gasteiger partial charge in [-0.3, -0.25) is 28.5 Å². The summed E-state index contributed by atoms with van der Waals surface area (Å²) in [7, 11) is -3.70. The number of primary amides is 1. The number of hydrogen-bond donors (Lipinski definition) is 7. The molecule has 1 aromatic carbocycles. The highest BCUT2D eigenvalue weighted by molar-refractivity contribution is 8.23. The summed E-state index contributed by atoms with van der Waals surface area (Å²) in [5.41, 5.74) is 6.20. The number of aliphatic carboxylic acids is 1. The fraction of sp³-hybridized carbons (Fsp3) is 0.600. The smallest absolute Gasteiger partial charge is 0.317 e. The predicted octanol–water partition coefficient (Wildman–Crippen LogP) is 1.71. The van der Waals surface area contributed by atoms with Gasteiger partial charge in [0.05, 0.1) is 19.6 Å². The van der Waals surface area contributed by atoms with Crippen LogP contribution in [0.5, 0.6) is 11.5 Å². The minimum Gasteiger partial charge on any atom is -0.504 e. The van der Waals surface area contributed by atoms with E-state index in [2.05, 4.69) is 10.6 Å². The summed E-state index contributed by atoms with van der Waals surface area (Å²) in [6, 6.07) is 4.08. The highest BCUT2D eigenvalue weighted by atomic mass is 32.2. The first-order chi connectivity index (χ1) is 22.6. The van der Waals surface area contributed by atoms with Gasteiger partial charge in [-0.05, 0) is 82.8 Å². The second kappa shape index (κ2) is 19.5. The molecular weight excluding hydrogens is 707 g/mol. The maximum absolute atomic E-state index is 13.7. The number of thioether (sulfide) groups is 1. The Labute approximate surface area is 294 Å². The normalized spacial score (nSPS) is 14.7. The number of methoxy groups -OCH3 is 1. The van der Waals surface area contributed by atoms with Crippen molar-refractivity contribution in [1.82, 2.24) is 10.6 Å². The van der Waals surface area contributed by atoms with Gasteiger partial charge in [0, 0.05) is 24.3 Å². The summed E-state index contributed by atoms with van der Waals surface area (Å²) in [6.07, 6.45) is -1.15.